The van der Waals surface area contributed by atoms with Gasteiger partial charge in [0.05, 0.1) is 10.1 Å². The molecular formula is C13H21BrN4O. The first-order chi connectivity index (χ1) is 9.00. The van der Waals surface area contributed by atoms with E-state index in [0.717, 1.165) is 36.3 Å². The third kappa shape index (κ3) is 4.04. The van der Waals surface area contributed by atoms with Crippen LogP contribution in [0.25, 0.3) is 0 Å². The highest BCUT2D eigenvalue weighted by Crippen LogP contribution is 2.28. The highest BCUT2D eigenvalue weighted by atomic mass is 79.9. The van der Waals surface area contributed by atoms with E-state index in [1.54, 1.807) is 6.20 Å². The molecule has 19 heavy (non-hydrogen) atoms. The van der Waals surface area contributed by atoms with E-state index in [1.165, 1.54) is 0 Å². The van der Waals surface area contributed by atoms with Gasteiger partial charge in [-0.25, -0.2) is 4.98 Å². The van der Waals surface area contributed by atoms with Crippen LogP contribution in [0, 0.1) is 0 Å². The highest BCUT2D eigenvalue weighted by molar-refractivity contribution is 9.10. The van der Waals surface area contributed by atoms with E-state index in [4.69, 9.17) is 4.74 Å². The van der Waals surface area contributed by atoms with Crippen molar-refractivity contribution in [2.45, 2.75) is 45.3 Å². The van der Waals surface area contributed by atoms with E-state index in [1.807, 2.05) is 6.92 Å². The molecule has 1 saturated heterocycles. The minimum Gasteiger partial charge on any atom is -0.375 e. The second-order valence-electron chi connectivity index (χ2n) is 5.36. The predicted molar refractivity (Wildman–Crippen MR) is 80.6 cm³/mol. The lowest BCUT2D eigenvalue weighted by Crippen LogP contribution is -2.40. The third-order valence-electron chi connectivity index (χ3n) is 3.12. The monoisotopic (exact) mass is 328 g/mol. The number of anilines is 2. The van der Waals surface area contributed by atoms with Gasteiger partial charge < -0.3 is 15.4 Å². The maximum absolute atomic E-state index is 5.73. The molecule has 6 heteroatoms. The smallest absolute Gasteiger partial charge is 0.224 e. The normalized spacial score (nSPS) is 22.0. The van der Waals surface area contributed by atoms with Crippen molar-refractivity contribution < 1.29 is 4.74 Å². The topological polar surface area (TPSA) is 59.1 Å². The second-order valence-corrected chi connectivity index (χ2v) is 6.22. The van der Waals surface area contributed by atoms with Gasteiger partial charge in [0, 0.05) is 25.4 Å². The summed E-state index contributed by atoms with van der Waals surface area (Å²) in [4.78, 5) is 8.70. The molecule has 2 rings (SSSR count). The zero-order valence-corrected chi connectivity index (χ0v) is 13.2. The number of rotatable bonds is 4. The quantitative estimate of drug-likeness (QED) is 0.889. The summed E-state index contributed by atoms with van der Waals surface area (Å²) >= 11 is 3.49. The lowest BCUT2D eigenvalue weighted by atomic mass is 9.94. The first-order valence-corrected chi connectivity index (χ1v) is 7.46. The summed E-state index contributed by atoms with van der Waals surface area (Å²) in [6.07, 6.45) is 3.74. The van der Waals surface area contributed by atoms with Crippen LogP contribution in [0.1, 0.15) is 33.6 Å². The van der Waals surface area contributed by atoms with Crippen LogP contribution in [-0.2, 0) is 4.74 Å². The van der Waals surface area contributed by atoms with Gasteiger partial charge in [-0.2, -0.15) is 4.98 Å². The van der Waals surface area contributed by atoms with Crippen molar-refractivity contribution in [1.29, 1.82) is 0 Å². The van der Waals surface area contributed by atoms with Crippen LogP contribution in [0.2, 0.25) is 0 Å². The first kappa shape index (κ1) is 14.5. The van der Waals surface area contributed by atoms with Gasteiger partial charge in [0.1, 0.15) is 5.82 Å². The molecule has 1 fully saturated rings. The van der Waals surface area contributed by atoms with Crippen LogP contribution in [0.15, 0.2) is 10.7 Å². The van der Waals surface area contributed by atoms with Crippen molar-refractivity contribution in [3.8, 4) is 0 Å². The van der Waals surface area contributed by atoms with Crippen LogP contribution in [0.3, 0.4) is 0 Å². The number of hydrogen-bond acceptors (Lipinski definition) is 5. The molecule has 1 unspecified atom stereocenters. The van der Waals surface area contributed by atoms with Gasteiger partial charge in [0.15, 0.2) is 0 Å². The molecule has 0 aliphatic carbocycles. The van der Waals surface area contributed by atoms with E-state index in [2.05, 4.69) is 50.4 Å². The number of halogens is 1. The summed E-state index contributed by atoms with van der Waals surface area (Å²) in [7, 11) is 0. The average molecular weight is 329 g/mol. The number of aromatic nitrogens is 2. The number of nitrogens with zero attached hydrogens (tertiary/aromatic N) is 2. The molecule has 0 bridgehead atoms. The fraction of sp³-hybridized carbons (Fsp3) is 0.692. The van der Waals surface area contributed by atoms with E-state index >= 15 is 0 Å². The van der Waals surface area contributed by atoms with Gasteiger partial charge >= 0.3 is 0 Å². The van der Waals surface area contributed by atoms with Gasteiger partial charge in [-0.3, -0.25) is 0 Å². The fourth-order valence-corrected chi connectivity index (χ4v) is 2.57. The van der Waals surface area contributed by atoms with Crippen LogP contribution in [-0.4, -0.2) is 34.8 Å². The Bertz CT molecular complexity index is 439. The molecule has 1 aliphatic rings. The van der Waals surface area contributed by atoms with Crippen LogP contribution < -0.4 is 10.6 Å². The Labute approximate surface area is 122 Å². The van der Waals surface area contributed by atoms with Crippen LogP contribution in [0.5, 0.6) is 0 Å². The minimum atomic E-state index is -0.0695. The van der Waals surface area contributed by atoms with Gasteiger partial charge in [-0.05, 0) is 49.5 Å². The van der Waals surface area contributed by atoms with Crippen molar-refractivity contribution >= 4 is 27.7 Å². The van der Waals surface area contributed by atoms with E-state index < -0.39 is 0 Å². The van der Waals surface area contributed by atoms with Gasteiger partial charge in [0.2, 0.25) is 5.95 Å². The van der Waals surface area contributed by atoms with E-state index in [-0.39, 0.29) is 5.60 Å². The van der Waals surface area contributed by atoms with Gasteiger partial charge in [-0.15, -0.1) is 0 Å². The Kier molecular flexibility index (Phi) is 4.62. The molecule has 1 atom stereocenters. The van der Waals surface area contributed by atoms with Crippen LogP contribution in [0.4, 0.5) is 11.8 Å². The lowest BCUT2D eigenvalue weighted by Gasteiger charge is -2.36. The Morgan fingerprint density at radius 2 is 2.32 bits per heavy atom. The Hall–Kier alpha value is -0.880. The molecule has 1 aliphatic heterocycles. The molecule has 0 radical (unpaired) electrons. The molecular weight excluding hydrogens is 308 g/mol. The molecule has 2 N–H and O–H groups in total. The zero-order valence-electron chi connectivity index (χ0n) is 11.7. The molecule has 2 heterocycles. The third-order valence-corrected chi connectivity index (χ3v) is 3.70. The van der Waals surface area contributed by atoms with Crippen molar-refractivity contribution in [1.82, 2.24) is 9.97 Å². The lowest BCUT2D eigenvalue weighted by molar-refractivity contribution is -0.0553. The summed E-state index contributed by atoms with van der Waals surface area (Å²) in [5.41, 5.74) is -0.0695. The van der Waals surface area contributed by atoms with Gasteiger partial charge in [-0.1, -0.05) is 0 Å². The number of hydrogen-bond donors (Lipinski definition) is 2. The zero-order chi connectivity index (χ0) is 13.9. The number of ether oxygens (including phenoxy) is 1. The molecule has 106 valence electrons. The molecule has 0 spiro atoms. The molecule has 0 saturated carbocycles. The summed E-state index contributed by atoms with van der Waals surface area (Å²) in [6.45, 7) is 7.87. The van der Waals surface area contributed by atoms with Gasteiger partial charge in [0.25, 0.3) is 0 Å². The molecule has 1 aromatic heterocycles. The largest absolute Gasteiger partial charge is 0.375 e. The predicted octanol–water partition coefficient (Wildman–Crippen LogP) is 3.04. The first-order valence-electron chi connectivity index (χ1n) is 6.67. The molecule has 1 aromatic rings. The molecule has 0 amide bonds. The van der Waals surface area contributed by atoms with Crippen LogP contribution >= 0.6 is 15.9 Å². The standard InChI is InChI=1S/C13H21BrN4O/c1-4-15-12-16-8-10(14)11(18-12)17-9-5-6-19-13(2,3)7-9/h8-9H,4-7H2,1-3H3,(H2,15,16,17,18). The fourth-order valence-electron chi connectivity index (χ4n) is 2.26. The maximum atomic E-state index is 5.73. The summed E-state index contributed by atoms with van der Waals surface area (Å²) in [5, 5.41) is 6.61. The van der Waals surface area contributed by atoms with Crippen molar-refractivity contribution in [3.05, 3.63) is 10.7 Å². The highest BCUT2D eigenvalue weighted by Gasteiger charge is 2.29. The average Bonchev–Trinajstić information content (AvgIpc) is 2.32. The van der Waals surface area contributed by atoms with E-state index in [9.17, 15) is 0 Å². The van der Waals surface area contributed by atoms with E-state index in [0.29, 0.717) is 12.0 Å². The van der Waals surface area contributed by atoms with Crippen molar-refractivity contribution in [2.24, 2.45) is 0 Å². The summed E-state index contributed by atoms with van der Waals surface area (Å²) in [5.74, 6) is 1.49. The Morgan fingerprint density at radius 3 is 3.00 bits per heavy atom. The number of nitrogens with one attached hydrogen (secondary N) is 2. The molecule has 5 nitrogen and oxygen atoms in total. The second kappa shape index (κ2) is 6.05. The SMILES string of the molecule is CCNc1ncc(Br)c(NC2CCOC(C)(C)C2)n1. The van der Waals surface area contributed by atoms with Crippen molar-refractivity contribution in [3.63, 3.8) is 0 Å². The summed E-state index contributed by atoms with van der Waals surface area (Å²) in [6, 6.07) is 0.379. The Morgan fingerprint density at radius 1 is 1.53 bits per heavy atom. The minimum absolute atomic E-state index is 0.0695. The summed E-state index contributed by atoms with van der Waals surface area (Å²) < 4.78 is 6.62. The van der Waals surface area contributed by atoms with Crippen molar-refractivity contribution in [2.75, 3.05) is 23.8 Å². The molecule has 0 aromatic carbocycles. The Balaban J connectivity index is 2.07. The maximum Gasteiger partial charge on any atom is 0.224 e.